The standard InChI is InChI=1S/C19H18BrN5O2/c1-11-17(20)12(2)25(23-11)10-13-8-9-16(27-13)18(26)22-19-21-14-6-4-5-7-15(14)24(19)3/h4-9H,10H2,1-3H3,(H,21,22,26). The Morgan fingerprint density at radius 1 is 1.22 bits per heavy atom. The van der Waals surface area contributed by atoms with Crippen LogP contribution in [0.5, 0.6) is 0 Å². The van der Waals surface area contributed by atoms with Crippen LogP contribution < -0.4 is 5.32 Å². The normalized spacial score (nSPS) is 11.3. The molecule has 1 N–H and O–H groups in total. The summed E-state index contributed by atoms with van der Waals surface area (Å²) in [6, 6.07) is 11.2. The third-order valence-electron chi connectivity index (χ3n) is 4.50. The molecule has 0 aliphatic carbocycles. The average Bonchev–Trinajstić information content (AvgIpc) is 3.31. The van der Waals surface area contributed by atoms with E-state index in [1.165, 1.54) is 0 Å². The first-order valence-corrected chi connectivity index (χ1v) is 9.24. The second kappa shape index (κ2) is 6.70. The highest BCUT2D eigenvalue weighted by Gasteiger charge is 2.16. The van der Waals surface area contributed by atoms with Crippen LogP contribution in [0, 0.1) is 13.8 Å². The molecule has 0 aliphatic rings. The zero-order valence-corrected chi connectivity index (χ0v) is 16.7. The zero-order valence-electron chi connectivity index (χ0n) is 15.2. The first kappa shape index (κ1) is 17.5. The van der Waals surface area contributed by atoms with Gasteiger partial charge in [-0.2, -0.15) is 5.10 Å². The molecular formula is C19H18BrN5O2. The second-order valence-electron chi connectivity index (χ2n) is 6.35. The van der Waals surface area contributed by atoms with E-state index in [0.29, 0.717) is 18.3 Å². The minimum atomic E-state index is -0.339. The first-order valence-electron chi connectivity index (χ1n) is 8.45. The number of halogens is 1. The van der Waals surface area contributed by atoms with Crippen molar-refractivity contribution in [1.29, 1.82) is 0 Å². The average molecular weight is 428 g/mol. The quantitative estimate of drug-likeness (QED) is 0.532. The number of fused-ring (bicyclic) bond motifs is 1. The Hall–Kier alpha value is -2.87. The van der Waals surface area contributed by atoms with E-state index in [0.717, 1.165) is 26.9 Å². The van der Waals surface area contributed by atoms with Crippen LogP contribution in [0.3, 0.4) is 0 Å². The highest BCUT2D eigenvalue weighted by molar-refractivity contribution is 9.10. The molecule has 0 unspecified atom stereocenters. The van der Waals surface area contributed by atoms with Gasteiger partial charge in [-0.05, 0) is 54.0 Å². The predicted molar refractivity (Wildman–Crippen MR) is 106 cm³/mol. The number of furan rings is 1. The molecule has 0 bridgehead atoms. The van der Waals surface area contributed by atoms with Crippen LogP contribution in [0.4, 0.5) is 5.95 Å². The van der Waals surface area contributed by atoms with Gasteiger partial charge in [-0.25, -0.2) is 4.98 Å². The maximum atomic E-state index is 12.5. The molecule has 3 aromatic heterocycles. The Labute approximate surface area is 164 Å². The molecule has 4 rings (SSSR count). The topological polar surface area (TPSA) is 77.9 Å². The summed E-state index contributed by atoms with van der Waals surface area (Å²) in [4.78, 5) is 17.0. The lowest BCUT2D eigenvalue weighted by molar-refractivity contribution is 0.0993. The van der Waals surface area contributed by atoms with E-state index in [4.69, 9.17) is 4.42 Å². The van der Waals surface area contributed by atoms with Crippen molar-refractivity contribution in [2.24, 2.45) is 7.05 Å². The summed E-state index contributed by atoms with van der Waals surface area (Å²) >= 11 is 3.51. The van der Waals surface area contributed by atoms with Gasteiger partial charge in [-0.3, -0.25) is 14.8 Å². The number of hydrogen-bond acceptors (Lipinski definition) is 4. The van der Waals surface area contributed by atoms with Gasteiger partial charge in [0.1, 0.15) is 5.76 Å². The minimum absolute atomic E-state index is 0.234. The second-order valence-corrected chi connectivity index (χ2v) is 7.14. The van der Waals surface area contributed by atoms with Crippen molar-refractivity contribution in [3.63, 3.8) is 0 Å². The molecule has 27 heavy (non-hydrogen) atoms. The molecule has 0 aliphatic heterocycles. The van der Waals surface area contributed by atoms with Crippen LogP contribution in [0.15, 0.2) is 45.3 Å². The number of rotatable bonds is 4. The third-order valence-corrected chi connectivity index (χ3v) is 5.64. The van der Waals surface area contributed by atoms with E-state index >= 15 is 0 Å². The Morgan fingerprint density at radius 2 is 2.00 bits per heavy atom. The number of aromatic nitrogens is 4. The van der Waals surface area contributed by atoms with Crippen LogP contribution >= 0.6 is 15.9 Å². The molecule has 0 spiro atoms. The smallest absolute Gasteiger partial charge is 0.293 e. The molecule has 7 nitrogen and oxygen atoms in total. The largest absolute Gasteiger partial charge is 0.454 e. The number of hydrogen-bond donors (Lipinski definition) is 1. The van der Waals surface area contributed by atoms with Gasteiger partial charge in [0.05, 0.1) is 33.4 Å². The maximum Gasteiger partial charge on any atom is 0.293 e. The van der Waals surface area contributed by atoms with Crippen LogP contribution in [0.2, 0.25) is 0 Å². The molecule has 0 atom stereocenters. The SMILES string of the molecule is Cc1nn(Cc2ccc(C(=O)Nc3nc4ccccc4n3C)o2)c(C)c1Br. The first-order chi connectivity index (χ1) is 12.9. The third kappa shape index (κ3) is 3.16. The summed E-state index contributed by atoms with van der Waals surface area (Å²) in [5.41, 5.74) is 3.70. The molecule has 0 fully saturated rings. The van der Waals surface area contributed by atoms with Crippen molar-refractivity contribution in [2.45, 2.75) is 20.4 Å². The summed E-state index contributed by atoms with van der Waals surface area (Å²) in [5, 5.41) is 7.27. The van der Waals surface area contributed by atoms with E-state index in [1.54, 1.807) is 12.1 Å². The maximum absolute atomic E-state index is 12.5. The number of aryl methyl sites for hydroxylation is 2. The fourth-order valence-corrected chi connectivity index (χ4v) is 3.27. The number of nitrogens with zero attached hydrogens (tertiary/aromatic N) is 4. The van der Waals surface area contributed by atoms with Gasteiger partial charge in [0.2, 0.25) is 5.95 Å². The molecule has 138 valence electrons. The summed E-state index contributed by atoms with van der Waals surface area (Å²) < 4.78 is 10.4. The number of amides is 1. The lowest BCUT2D eigenvalue weighted by atomic mass is 10.3. The molecule has 3 heterocycles. The van der Waals surface area contributed by atoms with Crippen molar-refractivity contribution in [2.75, 3.05) is 5.32 Å². The van der Waals surface area contributed by atoms with Crippen molar-refractivity contribution in [3.05, 3.63) is 63.8 Å². The van der Waals surface area contributed by atoms with Gasteiger partial charge in [0, 0.05) is 7.05 Å². The van der Waals surface area contributed by atoms with Gasteiger partial charge in [-0.1, -0.05) is 12.1 Å². The van der Waals surface area contributed by atoms with E-state index in [1.807, 2.05) is 54.4 Å². The van der Waals surface area contributed by atoms with Crippen LogP contribution in [0.1, 0.15) is 27.7 Å². The number of carbonyl (C=O) groups excluding carboxylic acids is 1. The lowest BCUT2D eigenvalue weighted by Crippen LogP contribution is -2.14. The van der Waals surface area contributed by atoms with Gasteiger partial charge in [-0.15, -0.1) is 0 Å². The Bertz CT molecular complexity index is 1150. The fraction of sp³-hybridized carbons (Fsp3) is 0.211. The summed E-state index contributed by atoms with van der Waals surface area (Å²) in [6.45, 7) is 4.37. The highest BCUT2D eigenvalue weighted by Crippen LogP contribution is 2.22. The van der Waals surface area contributed by atoms with E-state index in [9.17, 15) is 4.79 Å². The lowest BCUT2D eigenvalue weighted by Gasteiger charge is -2.04. The highest BCUT2D eigenvalue weighted by atomic mass is 79.9. The molecule has 0 saturated carbocycles. The van der Waals surface area contributed by atoms with Crippen LogP contribution in [0.25, 0.3) is 11.0 Å². The predicted octanol–water partition coefficient (Wildman–Crippen LogP) is 4.04. The summed E-state index contributed by atoms with van der Waals surface area (Å²) in [6.07, 6.45) is 0. The number of nitrogens with one attached hydrogen (secondary N) is 1. The number of imidazole rings is 1. The van der Waals surface area contributed by atoms with Crippen LogP contribution in [-0.2, 0) is 13.6 Å². The van der Waals surface area contributed by atoms with Crippen LogP contribution in [-0.4, -0.2) is 25.2 Å². The number of para-hydroxylation sites is 2. The summed E-state index contributed by atoms with van der Waals surface area (Å²) in [7, 11) is 1.86. The minimum Gasteiger partial charge on any atom is -0.454 e. The van der Waals surface area contributed by atoms with Gasteiger partial charge >= 0.3 is 0 Å². The number of carbonyl (C=O) groups is 1. The van der Waals surface area contributed by atoms with E-state index < -0.39 is 0 Å². The molecule has 0 radical (unpaired) electrons. The Balaban J connectivity index is 1.53. The molecule has 0 saturated heterocycles. The van der Waals surface area contributed by atoms with E-state index in [2.05, 4.69) is 31.3 Å². The molecule has 1 amide bonds. The molecule has 8 heteroatoms. The number of anilines is 1. The summed E-state index contributed by atoms with van der Waals surface area (Å²) in [5.74, 6) is 1.02. The number of benzene rings is 1. The molecule has 4 aromatic rings. The zero-order chi connectivity index (χ0) is 19.1. The Kier molecular flexibility index (Phi) is 4.35. The molecule has 1 aromatic carbocycles. The monoisotopic (exact) mass is 427 g/mol. The fourth-order valence-electron chi connectivity index (χ4n) is 2.98. The Morgan fingerprint density at radius 3 is 2.70 bits per heavy atom. The van der Waals surface area contributed by atoms with Gasteiger partial charge < -0.3 is 8.98 Å². The van der Waals surface area contributed by atoms with E-state index in [-0.39, 0.29) is 11.7 Å². The van der Waals surface area contributed by atoms with Crippen molar-refractivity contribution < 1.29 is 9.21 Å². The molecular weight excluding hydrogens is 410 g/mol. The van der Waals surface area contributed by atoms with Gasteiger partial charge in [0.15, 0.2) is 5.76 Å². The van der Waals surface area contributed by atoms with Crippen molar-refractivity contribution in [1.82, 2.24) is 19.3 Å². The van der Waals surface area contributed by atoms with Gasteiger partial charge in [0.25, 0.3) is 5.91 Å². The van der Waals surface area contributed by atoms with Crippen molar-refractivity contribution >= 4 is 38.8 Å². The van der Waals surface area contributed by atoms with Crippen molar-refractivity contribution in [3.8, 4) is 0 Å².